The van der Waals surface area contributed by atoms with Gasteiger partial charge in [0.15, 0.2) is 0 Å². The van der Waals surface area contributed by atoms with Crippen LogP contribution in [0, 0.1) is 6.92 Å². The average Bonchev–Trinajstić information content (AvgIpc) is 3.32. The summed E-state index contributed by atoms with van der Waals surface area (Å²) in [4.78, 5) is 24.0. The van der Waals surface area contributed by atoms with E-state index < -0.39 is 0 Å². The predicted octanol–water partition coefficient (Wildman–Crippen LogP) is 2.27. The quantitative estimate of drug-likeness (QED) is 0.548. The van der Waals surface area contributed by atoms with Crippen molar-refractivity contribution in [3.05, 3.63) is 77.9 Å². The number of rotatable bonds is 6. The SMILES string of the molecule is Cc1nn2ccc(OCc3ccccn3)cc2c1C(=O)NCc1ncc[nH]1. The first-order valence-corrected chi connectivity index (χ1v) is 8.49. The number of aromatic nitrogens is 5. The van der Waals surface area contributed by atoms with Gasteiger partial charge in [0.05, 0.1) is 29.0 Å². The maximum absolute atomic E-state index is 12.7. The zero-order valence-corrected chi connectivity index (χ0v) is 14.7. The van der Waals surface area contributed by atoms with E-state index in [1.807, 2.05) is 37.3 Å². The summed E-state index contributed by atoms with van der Waals surface area (Å²) in [5, 5.41) is 7.26. The van der Waals surface area contributed by atoms with Crippen molar-refractivity contribution in [2.75, 3.05) is 0 Å². The number of nitrogens with one attached hydrogen (secondary N) is 2. The number of imidazole rings is 1. The molecule has 0 aliphatic carbocycles. The number of aryl methyl sites for hydroxylation is 1. The lowest BCUT2D eigenvalue weighted by molar-refractivity contribution is 0.0951. The second-order valence-corrected chi connectivity index (χ2v) is 5.98. The van der Waals surface area contributed by atoms with Gasteiger partial charge in [-0.1, -0.05) is 6.07 Å². The lowest BCUT2D eigenvalue weighted by Gasteiger charge is -2.07. The summed E-state index contributed by atoms with van der Waals surface area (Å²) >= 11 is 0. The van der Waals surface area contributed by atoms with Crippen LogP contribution in [0.1, 0.15) is 27.6 Å². The van der Waals surface area contributed by atoms with Crippen LogP contribution in [0.5, 0.6) is 5.75 Å². The first kappa shape index (κ1) is 16.8. The van der Waals surface area contributed by atoms with Gasteiger partial charge in [0, 0.05) is 30.9 Å². The van der Waals surface area contributed by atoms with Crippen molar-refractivity contribution in [2.45, 2.75) is 20.1 Å². The van der Waals surface area contributed by atoms with Crippen LogP contribution in [0.2, 0.25) is 0 Å². The van der Waals surface area contributed by atoms with Gasteiger partial charge in [0.1, 0.15) is 18.2 Å². The van der Waals surface area contributed by atoms with Gasteiger partial charge in [-0.25, -0.2) is 9.50 Å². The lowest BCUT2D eigenvalue weighted by atomic mass is 10.2. The minimum atomic E-state index is -0.208. The van der Waals surface area contributed by atoms with Gasteiger partial charge in [0.2, 0.25) is 0 Å². The van der Waals surface area contributed by atoms with Crippen LogP contribution < -0.4 is 10.1 Å². The summed E-state index contributed by atoms with van der Waals surface area (Å²) < 4.78 is 7.48. The van der Waals surface area contributed by atoms with E-state index in [1.165, 1.54) is 0 Å². The summed E-state index contributed by atoms with van der Waals surface area (Å²) in [6, 6.07) is 9.29. The molecule has 4 rings (SSSR count). The highest BCUT2D eigenvalue weighted by Crippen LogP contribution is 2.21. The van der Waals surface area contributed by atoms with Crippen molar-refractivity contribution in [2.24, 2.45) is 0 Å². The molecule has 2 N–H and O–H groups in total. The number of hydrogen-bond donors (Lipinski definition) is 2. The Kier molecular flexibility index (Phi) is 4.52. The number of nitrogens with zero attached hydrogens (tertiary/aromatic N) is 4. The Morgan fingerprint density at radius 1 is 1.26 bits per heavy atom. The zero-order chi connectivity index (χ0) is 18.6. The van der Waals surface area contributed by atoms with Crippen LogP contribution in [0.25, 0.3) is 5.52 Å². The molecular formula is C19H18N6O2. The number of aromatic amines is 1. The molecule has 0 aliphatic heterocycles. The van der Waals surface area contributed by atoms with Crippen molar-refractivity contribution in [1.29, 1.82) is 0 Å². The number of amides is 1. The van der Waals surface area contributed by atoms with Gasteiger partial charge in [-0.05, 0) is 25.1 Å². The second kappa shape index (κ2) is 7.28. The Hall–Kier alpha value is -3.68. The van der Waals surface area contributed by atoms with E-state index >= 15 is 0 Å². The Labute approximate surface area is 155 Å². The molecule has 136 valence electrons. The summed E-state index contributed by atoms with van der Waals surface area (Å²) in [7, 11) is 0. The fourth-order valence-electron chi connectivity index (χ4n) is 2.80. The standard InChI is InChI=1S/C19H18N6O2/c1-13-18(19(26)23-11-17-21-7-8-22-17)16-10-15(5-9-25(16)24-13)27-12-14-4-2-3-6-20-14/h2-10H,11-12H2,1H3,(H,21,22)(H,23,26). The largest absolute Gasteiger partial charge is 0.487 e. The van der Waals surface area contributed by atoms with Crippen molar-refractivity contribution >= 4 is 11.4 Å². The van der Waals surface area contributed by atoms with Gasteiger partial charge in [-0.2, -0.15) is 5.10 Å². The molecule has 4 heterocycles. The van der Waals surface area contributed by atoms with Gasteiger partial charge >= 0.3 is 0 Å². The van der Waals surface area contributed by atoms with Crippen LogP contribution in [-0.2, 0) is 13.2 Å². The Balaban J connectivity index is 1.54. The van der Waals surface area contributed by atoms with E-state index in [-0.39, 0.29) is 5.91 Å². The summed E-state index contributed by atoms with van der Waals surface area (Å²) in [6.45, 7) is 2.48. The molecule has 0 aromatic carbocycles. The van der Waals surface area contributed by atoms with E-state index in [1.54, 1.807) is 29.3 Å². The molecule has 8 nitrogen and oxygen atoms in total. The van der Waals surface area contributed by atoms with Crippen LogP contribution >= 0.6 is 0 Å². The minimum absolute atomic E-state index is 0.208. The molecule has 4 aromatic rings. The highest BCUT2D eigenvalue weighted by molar-refractivity contribution is 6.02. The molecule has 0 spiro atoms. The molecule has 8 heteroatoms. The Morgan fingerprint density at radius 3 is 2.96 bits per heavy atom. The first-order valence-electron chi connectivity index (χ1n) is 8.49. The number of fused-ring (bicyclic) bond motifs is 1. The average molecular weight is 362 g/mol. The monoisotopic (exact) mass is 362 g/mol. The van der Waals surface area contributed by atoms with Gasteiger partial charge in [0.25, 0.3) is 5.91 Å². The normalized spacial score (nSPS) is 10.9. The van der Waals surface area contributed by atoms with E-state index in [2.05, 4.69) is 25.4 Å². The van der Waals surface area contributed by atoms with Gasteiger partial charge < -0.3 is 15.0 Å². The number of pyridine rings is 2. The lowest BCUT2D eigenvalue weighted by Crippen LogP contribution is -2.24. The second-order valence-electron chi connectivity index (χ2n) is 5.98. The predicted molar refractivity (Wildman–Crippen MR) is 98.3 cm³/mol. The molecule has 0 bridgehead atoms. The maximum Gasteiger partial charge on any atom is 0.255 e. The Morgan fingerprint density at radius 2 is 2.19 bits per heavy atom. The van der Waals surface area contributed by atoms with Gasteiger partial charge in [-0.3, -0.25) is 9.78 Å². The zero-order valence-electron chi connectivity index (χ0n) is 14.7. The number of H-pyrrole nitrogens is 1. The molecule has 0 saturated carbocycles. The molecule has 0 atom stereocenters. The smallest absolute Gasteiger partial charge is 0.255 e. The van der Waals surface area contributed by atoms with E-state index in [4.69, 9.17) is 4.74 Å². The fraction of sp³-hybridized carbons (Fsp3) is 0.158. The number of carbonyl (C=O) groups is 1. The highest BCUT2D eigenvalue weighted by atomic mass is 16.5. The van der Waals surface area contributed by atoms with Crippen molar-refractivity contribution < 1.29 is 9.53 Å². The van der Waals surface area contributed by atoms with E-state index in [9.17, 15) is 4.79 Å². The molecule has 0 fully saturated rings. The Bertz CT molecular complexity index is 1060. The summed E-state index contributed by atoms with van der Waals surface area (Å²) in [5.74, 6) is 1.13. The van der Waals surface area contributed by atoms with Crippen LogP contribution in [0.4, 0.5) is 0 Å². The van der Waals surface area contributed by atoms with Crippen molar-refractivity contribution in [3.63, 3.8) is 0 Å². The van der Waals surface area contributed by atoms with E-state index in [0.29, 0.717) is 41.5 Å². The highest BCUT2D eigenvalue weighted by Gasteiger charge is 2.18. The molecule has 27 heavy (non-hydrogen) atoms. The first-order chi connectivity index (χ1) is 13.2. The third-order valence-electron chi connectivity index (χ3n) is 4.09. The third kappa shape index (κ3) is 3.64. The molecule has 0 unspecified atom stereocenters. The molecule has 0 radical (unpaired) electrons. The summed E-state index contributed by atoms with van der Waals surface area (Å²) in [6.07, 6.45) is 6.86. The third-order valence-corrected chi connectivity index (χ3v) is 4.09. The van der Waals surface area contributed by atoms with Crippen molar-refractivity contribution in [3.8, 4) is 5.75 Å². The van der Waals surface area contributed by atoms with Gasteiger partial charge in [-0.15, -0.1) is 0 Å². The summed E-state index contributed by atoms with van der Waals surface area (Å²) in [5.41, 5.74) is 2.68. The minimum Gasteiger partial charge on any atom is -0.487 e. The topological polar surface area (TPSA) is 97.2 Å². The fourth-order valence-corrected chi connectivity index (χ4v) is 2.80. The maximum atomic E-state index is 12.7. The number of ether oxygens (including phenoxy) is 1. The van der Waals surface area contributed by atoms with Crippen LogP contribution in [0.3, 0.4) is 0 Å². The van der Waals surface area contributed by atoms with Crippen molar-refractivity contribution in [1.82, 2.24) is 29.9 Å². The molecular weight excluding hydrogens is 344 g/mol. The van der Waals surface area contributed by atoms with Crippen LogP contribution in [-0.4, -0.2) is 30.5 Å². The molecule has 1 amide bonds. The molecule has 0 aliphatic rings. The molecule has 0 saturated heterocycles. The van der Waals surface area contributed by atoms with Crippen LogP contribution in [0.15, 0.2) is 55.1 Å². The number of carbonyl (C=O) groups excluding carboxylic acids is 1. The number of hydrogen-bond acceptors (Lipinski definition) is 5. The molecule has 4 aromatic heterocycles. The van der Waals surface area contributed by atoms with E-state index in [0.717, 1.165) is 5.69 Å².